The molecule has 5 heteroatoms. The van der Waals surface area contributed by atoms with E-state index in [1.165, 1.54) is 12.1 Å². The standard InChI is InChI=1S/C12H8ClF3O/c13-8-2-1-3-9-4-6-10(7-5-9)11(17)12(14,15)16/h4-7H,2,8H2. The maximum Gasteiger partial charge on any atom is 0.454 e. The van der Waals surface area contributed by atoms with E-state index in [1.54, 1.807) is 0 Å². The number of Topliss-reactive ketones (excluding diaryl/α,β-unsaturated/α-hetero) is 1. The van der Waals surface area contributed by atoms with Gasteiger partial charge in [-0.15, -0.1) is 11.6 Å². The van der Waals surface area contributed by atoms with Crippen LogP contribution in [-0.2, 0) is 0 Å². The van der Waals surface area contributed by atoms with Gasteiger partial charge in [0.15, 0.2) is 0 Å². The number of halogens is 4. The van der Waals surface area contributed by atoms with Gasteiger partial charge in [0.05, 0.1) is 0 Å². The summed E-state index contributed by atoms with van der Waals surface area (Å²) in [4.78, 5) is 10.9. The molecule has 0 fully saturated rings. The molecule has 90 valence electrons. The van der Waals surface area contributed by atoms with E-state index in [0.29, 0.717) is 17.9 Å². The van der Waals surface area contributed by atoms with Crippen LogP contribution in [0.5, 0.6) is 0 Å². The lowest BCUT2D eigenvalue weighted by Gasteiger charge is -2.04. The van der Waals surface area contributed by atoms with Gasteiger partial charge in [-0.05, 0) is 24.3 Å². The summed E-state index contributed by atoms with van der Waals surface area (Å²) in [6.07, 6.45) is -4.34. The van der Waals surface area contributed by atoms with Crippen LogP contribution in [0.1, 0.15) is 22.3 Å². The number of hydrogen-bond donors (Lipinski definition) is 0. The normalized spacial score (nSPS) is 10.6. The van der Waals surface area contributed by atoms with E-state index in [4.69, 9.17) is 11.6 Å². The molecule has 0 atom stereocenters. The molecule has 1 aromatic rings. The molecule has 0 aromatic heterocycles. The lowest BCUT2D eigenvalue weighted by atomic mass is 10.1. The second-order valence-corrected chi connectivity index (χ2v) is 3.52. The van der Waals surface area contributed by atoms with E-state index in [9.17, 15) is 18.0 Å². The Hall–Kier alpha value is -1.47. The highest BCUT2D eigenvalue weighted by Gasteiger charge is 2.38. The number of ketones is 1. The summed E-state index contributed by atoms with van der Waals surface area (Å²) in [6, 6.07) is 4.97. The number of benzene rings is 1. The molecule has 0 heterocycles. The van der Waals surface area contributed by atoms with Gasteiger partial charge in [0.25, 0.3) is 5.78 Å². The van der Waals surface area contributed by atoms with Crippen molar-refractivity contribution in [1.29, 1.82) is 0 Å². The van der Waals surface area contributed by atoms with E-state index < -0.39 is 12.0 Å². The number of rotatable bonds is 2. The molecular weight excluding hydrogens is 253 g/mol. The minimum atomic E-state index is -4.84. The predicted octanol–water partition coefficient (Wildman–Crippen LogP) is 3.41. The molecule has 0 spiro atoms. The van der Waals surface area contributed by atoms with Crippen molar-refractivity contribution < 1.29 is 18.0 Å². The molecule has 0 unspecified atom stereocenters. The van der Waals surface area contributed by atoms with Gasteiger partial charge in [-0.1, -0.05) is 11.8 Å². The van der Waals surface area contributed by atoms with Gasteiger partial charge in [0.1, 0.15) is 0 Å². The Labute approximate surface area is 102 Å². The van der Waals surface area contributed by atoms with Gasteiger partial charge in [-0.3, -0.25) is 4.79 Å². The predicted molar refractivity (Wildman–Crippen MR) is 59.0 cm³/mol. The number of alkyl halides is 4. The smallest absolute Gasteiger partial charge is 0.284 e. The van der Waals surface area contributed by atoms with E-state index in [2.05, 4.69) is 11.8 Å². The third-order valence-corrected chi connectivity index (χ3v) is 2.05. The van der Waals surface area contributed by atoms with Gasteiger partial charge < -0.3 is 0 Å². The average molecular weight is 261 g/mol. The minimum Gasteiger partial charge on any atom is -0.284 e. The second kappa shape index (κ2) is 5.74. The van der Waals surface area contributed by atoms with Crippen LogP contribution in [0.15, 0.2) is 24.3 Å². The van der Waals surface area contributed by atoms with Crippen molar-refractivity contribution in [2.75, 3.05) is 5.88 Å². The molecule has 0 bridgehead atoms. The molecule has 1 aromatic carbocycles. The van der Waals surface area contributed by atoms with Gasteiger partial charge >= 0.3 is 6.18 Å². The first-order valence-corrected chi connectivity index (χ1v) is 5.25. The number of hydrogen-bond acceptors (Lipinski definition) is 1. The van der Waals surface area contributed by atoms with Crippen molar-refractivity contribution >= 4 is 17.4 Å². The van der Waals surface area contributed by atoms with Crippen molar-refractivity contribution in [1.82, 2.24) is 0 Å². The van der Waals surface area contributed by atoms with E-state index in [1.807, 2.05) is 0 Å². The first-order chi connectivity index (χ1) is 7.95. The Morgan fingerprint density at radius 3 is 2.29 bits per heavy atom. The molecule has 0 aliphatic carbocycles. The fourth-order valence-electron chi connectivity index (χ4n) is 1.08. The highest BCUT2D eigenvalue weighted by atomic mass is 35.5. The molecule has 1 rings (SSSR count). The van der Waals surface area contributed by atoms with Crippen LogP contribution in [-0.4, -0.2) is 17.8 Å². The van der Waals surface area contributed by atoms with Crippen LogP contribution in [0.25, 0.3) is 0 Å². The zero-order valence-corrected chi connectivity index (χ0v) is 9.40. The van der Waals surface area contributed by atoms with Crippen molar-refractivity contribution in [3.63, 3.8) is 0 Å². The molecule has 0 saturated carbocycles. The Morgan fingerprint density at radius 1 is 1.24 bits per heavy atom. The molecular formula is C12H8ClF3O. The quantitative estimate of drug-likeness (QED) is 0.452. The van der Waals surface area contributed by atoms with Crippen molar-refractivity contribution in [3.8, 4) is 11.8 Å². The molecule has 0 radical (unpaired) electrons. The van der Waals surface area contributed by atoms with Crippen LogP contribution in [0.2, 0.25) is 0 Å². The SMILES string of the molecule is O=C(c1ccc(C#CCCCl)cc1)C(F)(F)F. The average Bonchev–Trinajstić information content (AvgIpc) is 2.28. The lowest BCUT2D eigenvalue weighted by molar-refractivity contribution is -0.0885. The molecule has 0 N–H and O–H groups in total. The topological polar surface area (TPSA) is 17.1 Å². The van der Waals surface area contributed by atoms with E-state index in [-0.39, 0.29) is 5.56 Å². The summed E-state index contributed by atoms with van der Waals surface area (Å²) in [5, 5.41) is 0. The highest BCUT2D eigenvalue weighted by Crippen LogP contribution is 2.21. The third kappa shape index (κ3) is 4.12. The molecule has 0 aliphatic rings. The second-order valence-electron chi connectivity index (χ2n) is 3.14. The molecule has 0 aliphatic heterocycles. The zero-order chi connectivity index (χ0) is 12.9. The first kappa shape index (κ1) is 13.6. The summed E-state index contributed by atoms with van der Waals surface area (Å²) >= 11 is 5.41. The Morgan fingerprint density at radius 2 is 1.82 bits per heavy atom. The van der Waals surface area contributed by atoms with Crippen LogP contribution < -0.4 is 0 Å². The number of carbonyl (C=O) groups excluding carboxylic acids is 1. The Bertz CT molecular complexity index is 451. The molecule has 0 amide bonds. The Kier molecular flexibility index (Phi) is 4.59. The van der Waals surface area contributed by atoms with E-state index >= 15 is 0 Å². The maximum absolute atomic E-state index is 12.1. The fourth-order valence-corrected chi connectivity index (χ4v) is 1.17. The van der Waals surface area contributed by atoms with Crippen molar-refractivity contribution in [3.05, 3.63) is 35.4 Å². The van der Waals surface area contributed by atoms with Crippen molar-refractivity contribution in [2.24, 2.45) is 0 Å². The third-order valence-electron chi connectivity index (χ3n) is 1.86. The molecule has 1 nitrogen and oxygen atoms in total. The van der Waals surface area contributed by atoms with Gasteiger partial charge in [-0.25, -0.2) is 0 Å². The van der Waals surface area contributed by atoms with Gasteiger partial charge in [0.2, 0.25) is 0 Å². The summed E-state index contributed by atoms with van der Waals surface area (Å²) in [6.45, 7) is 0. The Balaban J connectivity index is 2.83. The zero-order valence-electron chi connectivity index (χ0n) is 8.64. The highest BCUT2D eigenvalue weighted by molar-refractivity contribution is 6.18. The summed E-state index contributed by atoms with van der Waals surface area (Å²) < 4.78 is 36.3. The summed E-state index contributed by atoms with van der Waals surface area (Å²) in [7, 11) is 0. The van der Waals surface area contributed by atoms with Crippen LogP contribution >= 0.6 is 11.6 Å². The fraction of sp³-hybridized carbons (Fsp3) is 0.250. The molecule has 0 saturated heterocycles. The number of carbonyl (C=O) groups is 1. The minimum absolute atomic E-state index is 0.389. The monoisotopic (exact) mass is 260 g/mol. The summed E-state index contributed by atoms with van der Waals surface area (Å²) in [5.74, 6) is 4.02. The summed E-state index contributed by atoms with van der Waals surface area (Å²) in [5.41, 5.74) is 0.161. The van der Waals surface area contributed by atoms with Gasteiger partial charge in [0, 0.05) is 23.4 Å². The van der Waals surface area contributed by atoms with Crippen molar-refractivity contribution in [2.45, 2.75) is 12.6 Å². The first-order valence-electron chi connectivity index (χ1n) is 4.71. The lowest BCUT2D eigenvalue weighted by Crippen LogP contribution is -2.22. The van der Waals surface area contributed by atoms with Gasteiger partial charge in [-0.2, -0.15) is 13.2 Å². The van der Waals surface area contributed by atoms with E-state index in [0.717, 1.165) is 12.1 Å². The van der Waals surface area contributed by atoms with Crippen LogP contribution in [0.3, 0.4) is 0 Å². The molecule has 17 heavy (non-hydrogen) atoms. The van der Waals surface area contributed by atoms with Crippen LogP contribution in [0, 0.1) is 11.8 Å². The van der Waals surface area contributed by atoms with Crippen LogP contribution in [0.4, 0.5) is 13.2 Å². The largest absolute Gasteiger partial charge is 0.454 e. The maximum atomic E-state index is 12.1.